The fourth-order valence-electron chi connectivity index (χ4n) is 2.97. The molecule has 1 aliphatic heterocycles. The second-order valence-electron chi connectivity index (χ2n) is 5.95. The van der Waals surface area contributed by atoms with Crippen molar-refractivity contribution in [1.82, 2.24) is 4.90 Å². The van der Waals surface area contributed by atoms with Crippen molar-refractivity contribution < 1.29 is 10.4 Å². The van der Waals surface area contributed by atoms with Gasteiger partial charge in [-0.3, -0.25) is 0 Å². The maximum atomic E-state index is 9.34. The average molecular weight is 318 g/mol. The minimum absolute atomic E-state index is 0.216. The summed E-state index contributed by atoms with van der Waals surface area (Å²) in [6.45, 7) is 3.05. The molecule has 4 N–H and O–H groups in total. The first-order valence-corrected chi connectivity index (χ1v) is 8.24. The molecule has 0 saturated carbocycles. The summed E-state index contributed by atoms with van der Waals surface area (Å²) in [6, 6.07) is 8.64. The number of benzene rings is 1. The maximum Gasteiger partial charge on any atom is 0.136 e. The summed E-state index contributed by atoms with van der Waals surface area (Å²) in [5.74, 6) is 0. The SMILES string of the molecule is NC(CCN1CCCCCC1)C(=N\O)/C(=N/O)c1ccccc1. The number of hydrogen-bond acceptors (Lipinski definition) is 6. The van der Waals surface area contributed by atoms with Gasteiger partial charge in [-0.05, 0) is 38.9 Å². The van der Waals surface area contributed by atoms with Gasteiger partial charge in [0.15, 0.2) is 0 Å². The van der Waals surface area contributed by atoms with Gasteiger partial charge in [-0.1, -0.05) is 53.5 Å². The molecule has 0 spiro atoms. The molecule has 1 atom stereocenters. The average Bonchev–Trinajstić information content (AvgIpc) is 2.87. The normalized spacial score (nSPS) is 19.3. The quantitative estimate of drug-likeness (QED) is 0.426. The number of hydrogen-bond donors (Lipinski definition) is 3. The Kier molecular flexibility index (Phi) is 7.03. The van der Waals surface area contributed by atoms with Crippen LogP contribution in [-0.4, -0.2) is 52.4 Å². The van der Waals surface area contributed by atoms with Crippen LogP contribution in [0.2, 0.25) is 0 Å². The van der Waals surface area contributed by atoms with Gasteiger partial charge in [-0.2, -0.15) is 0 Å². The molecule has 6 heteroatoms. The van der Waals surface area contributed by atoms with Crippen LogP contribution in [0.25, 0.3) is 0 Å². The minimum atomic E-state index is -0.477. The van der Waals surface area contributed by atoms with Crippen LogP contribution in [0.3, 0.4) is 0 Å². The molecule has 1 heterocycles. The highest BCUT2D eigenvalue weighted by molar-refractivity contribution is 6.49. The third-order valence-corrected chi connectivity index (χ3v) is 4.30. The zero-order valence-corrected chi connectivity index (χ0v) is 13.4. The van der Waals surface area contributed by atoms with E-state index in [4.69, 9.17) is 5.73 Å². The molecule has 23 heavy (non-hydrogen) atoms. The van der Waals surface area contributed by atoms with Gasteiger partial charge in [0.2, 0.25) is 0 Å². The van der Waals surface area contributed by atoms with E-state index in [2.05, 4.69) is 15.2 Å². The van der Waals surface area contributed by atoms with Crippen molar-refractivity contribution >= 4 is 11.4 Å². The minimum Gasteiger partial charge on any atom is -0.411 e. The fourth-order valence-corrected chi connectivity index (χ4v) is 2.97. The number of rotatable bonds is 6. The highest BCUT2D eigenvalue weighted by Crippen LogP contribution is 2.11. The van der Waals surface area contributed by atoms with Crippen LogP contribution in [0.15, 0.2) is 40.6 Å². The van der Waals surface area contributed by atoms with Crippen molar-refractivity contribution in [3.05, 3.63) is 35.9 Å². The molecule has 1 saturated heterocycles. The van der Waals surface area contributed by atoms with Crippen LogP contribution >= 0.6 is 0 Å². The lowest BCUT2D eigenvalue weighted by atomic mass is 9.99. The van der Waals surface area contributed by atoms with Crippen LogP contribution in [-0.2, 0) is 0 Å². The molecule has 0 aromatic heterocycles. The Morgan fingerprint density at radius 1 is 1.04 bits per heavy atom. The van der Waals surface area contributed by atoms with E-state index in [0.717, 1.165) is 19.6 Å². The molecule has 0 bridgehead atoms. The predicted molar refractivity (Wildman–Crippen MR) is 91.5 cm³/mol. The predicted octanol–water partition coefficient (Wildman–Crippen LogP) is 2.29. The van der Waals surface area contributed by atoms with E-state index in [1.165, 1.54) is 25.7 Å². The zero-order chi connectivity index (χ0) is 16.5. The van der Waals surface area contributed by atoms with E-state index in [1.54, 1.807) is 12.1 Å². The van der Waals surface area contributed by atoms with Crippen molar-refractivity contribution in [3.63, 3.8) is 0 Å². The number of nitrogens with two attached hydrogens (primary N) is 1. The van der Waals surface area contributed by atoms with Gasteiger partial charge in [0.05, 0.1) is 6.04 Å². The highest BCUT2D eigenvalue weighted by atomic mass is 16.4. The summed E-state index contributed by atoms with van der Waals surface area (Å²) in [6.07, 6.45) is 5.70. The Bertz CT molecular complexity index is 523. The van der Waals surface area contributed by atoms with Gasteiger partial charge in [0, 0.05) is 5.56 Å². The van der Waals surface area contributed by atoms with E-state index in [0.29, 0.717) is 12.0 Å². The molecular weight excluding hydrogens is 292 g/mol. The first-order chi connectivity index (χ1) is 11.3. The molecule has 126 valence electrons. The third-order valence-electron chi connectivity index (χ3n) is 4.30. The monoisotopic (exact) mass is 318 g/mol. The molecule has 0 amide bonds. The maximum absolute atomic E-state index is 9.34. The van der Waals surface area contributed by atoms with Crippen molar-refractivity contribution in [2.75, 3.05) is 19.6 Å². The van der Waals surface area contributed by atoms with Gasteiger partial charge in [0.25, 0.3) is 0 Å². The van der Waals surface area contributed by atoms with Crippen LogP contribution < -0.4 is 5.73 Å². The van der Waals surface area contributed by atoms with E-state index < -0.39 is 6.04 Å². The van der Waals surface area contributed by atoms with Crippen LogP contribution in [0.1, 0.15) is 37.7 Å². The summed E-state index contributed by atoms with van der Waals surface area (Å²) < 4.78 is 0. The van der Waals surface area contributed by atoms with Gasteiger partial charge in [0.1, 0.15) is 11.4 Å². The number of nitrogens with zero attached hydrogens (tertiary/aromatic N) is 3. The molecule has 1 aliphatic rings. The third kappa shape index (κ3) is 5.04. The Balaban J connectivity index is 1.99. The van der Waals surface area contributed by atoms with Crippen LogP contribution in [0, 0.1) is 0 Å². The van der Waals surface area contributed by atoms with Gasteiger partial charge < -0.3 is 21.0 Å². The Hall–Kier alpha value is -1.92. The second-order valence-corrected chi connectivity index (χ2v) is 5.95. The summed E-state index contributed by atoms with van der Waals surface area (Å²) >= 11 is 0. The zero-order valence-electron chi connectivity index (χ0n) is 13.4. The molecule has 0 radical (unpaired) electrons. The molecule has 1 unspecified atom stereocenters. The summed E-state index contributed by atoms with van der Waals surface area (Å²) in [5, 5.41) is 25.3. The molecular formula is C17H26N4O2. The fraction of sp³-hybridized carbons (Fsp3) is 0.529. The topological polar surface area (TPSA) is 94.4 Å². The number of oxime groups is 2. The second kappa shape index (κ2) is 9.27. The summed E-state index contributed by atoms with van der Waals surface area (Å²) in [5.41, 5.74) is 7.30. The Morgan fingerprint density at radius 3 is 2.26 bits per heavy atom. The van der Waals surface area contributed by atoms with Crippen molar-refractivity contribution in [2.24, 2.45) is 16.0 Å². The van der Waals surface area contributed by atoms with Crippen LogP contribution in [0.5, 0.6) is 0 Å². The lowest BCUT2D eigenvalue weighted by Gasteiger charge is -2.22. The lowest BCUT2D eigenvalue weighted by Crippen LogP contribution is -2.40. The molecule has 0 aliphatic carbocycles. The van der Waals surface area contributed by atoms with Crippen molar-refractivity contribution in [2.45, 2.75) is 38.1 Å². The van der Waals surface area contributed by atoms with Gasteiger partial charge >= 0.3 is 0 Å². The first kappa shape index (κ1) is 17.4. The molecule has 1 aromatic carbocycles. The summed E-state index contributed by atoms with van der Waals surface area (Å²) in [4.78, 5) is 2.40. The van der Waals surface area contributed by atoms with Gasteiger partial charge in [-0.25, -0.2) is 0 Å². The standard InChI is InChI=1S/C17H26N4O2/c18-15(10-13-21-11-6-1-2-7-12-21)17(20-23)16(19-22)14-8-4-3-5-9-14/h3-5,8-9,15,22-23H,1-2,6-7,10-13,18H2/b19-16+,20-17+. The van der Waals surface area contributed by atoms with E-state index in [-0.39, 0.29) is 11.4 Å². The molecule has 1 aromatic rings. The summed E-state index contributed by atoms with van der Waals surface area (Å²) in [7, 11) is 0. The molecule has 6 nitrogen and oxygen atoms in total. The van der Waals surface area contributed by atoms with E-state index in [9.17, 15) is 10.4 Å². The molecule has 2 rings (SSSR count). The number of likely N-dealkylation sites (tertiary alicyclic amines) is 1. The lowest BCUT2D eigenvalue weighted by molar-refractivity contribution is 0.277. The Morgan fingerprint density at radius 2 is 1.70 bits per heavy atom. The first-order valence-electron chi connectivity index (χ1n) is 8.24. The van der Waals surface area contributed by atoms with E-state index in [1.807, 2.05) is 18.2 Å². The van der Waals surface area contributed by atoms with Gasteiger partial charge in [-0.15, -0.1) is 0 Å². The largest absolute Gasteiger partial charge is 0.411 e. The molecule has 1 fully saturated rings. The van der Waals surface area contributed by atoms with Crippen LogP contribution in [0.4, 0.5) is 0 Å². The Labute approximate surface area is 137 Å². The smallest absolute Gasteiger partial charge is 0.136 e. The van der Waals surface area contributed by atoms with Crippen molar-refractivity contribution in [3.8, 4) is 0 Å². The highest BCUT2D eigenvalue weighted by Gasteiger charge is 2.21. The van der Waals surface area contributed by atoms with E-state index >= 15 is 0 Å². The van der Waals surface area contributed by atoms with Crippen molar-refractivity contribution in [1.29, 1.82) is 0 Å².